The summed E-state index contributed by atoms with van der Waals surface area (Å²) in [6.07, 6.45) is 0. The van der Waals surface area contributed by atoms with Crippen molar-refractivity contribution >= 4 is 34.6 Å². The van der Waals surface area contributed by atoms with E-state index in [9.17, 15) is 0 Å². The van der Waals surface area contributed by atoms with Crippen molar-refractivity contribution < 1.29 is 0 Å². The lowest BCUT2D eigenvalue weighted by Gasteiger charge is -2.05. The Bertz CT molecular complexity index is 745. The van der Waals surface area contributed by atoms with E-state index in [-0.39, 0.29) is 5.95 Å². The molecular weight excluding hydrogens is 270 g/mol. The predicted molar refractivity (Wildman–Crippen MR) is 82.2 cm³/mol. The van der Waals surface area contributed by atoms with Gasteiger partial charge in [0.1, 0.15) is 5.52 Å². The first kappa shape index (κ1) is 12.7. The molecule has 1 aromatic carbocycles. The summed E-state index contributed by atoms with van der Waals surface area (Å²) in [4.78, 5) is 13.8. The maximum absolute atomic E-state index is 5.83. The van der Waals surface area contributed by atoms with E-state index in [2.05, 4.69) is 27.1 Å². The molecule has 0 atom stereocenters. The third kappa shape index (κ3) is 2.65. The summed E-state index contributed by atoms with van der Waals surface area (Å²) >= 11 is 1.72. The Morgan fingerprint density at radius 1 is 0.900 bits per heavy atom. The molecule has 0 amide bonds. The van der Waals surface area contributed by atoms with Crippen LogP contribution in [-0.2, 0) is 5.75 Å². The van der Waals surface area contributed by atoms with Crippen LogP contribution in [0.5, 0.6) is 0 Å². The van der Waals surface area contributed by atoms with Gasteiger partial charge in [0.25, 0.3) is 0 Å². The van der Waals surface area contributed by atoms with Gasteiger partial charge in [-0.3, -0.25) is 0 Å². The zero-order valence-corrected chi connectivity index (χ0v) is 11.5. The lowest BCUT2D eigenvalue weighted by molar-refractivity contribution is 1.17. The molecule has 0 spiro atoms. The number of fused-ring (bicyclic) bond motifs is 1. The molecule has 4 N–H and O–H groups in total. The SMILES string of the molecule is Nc1nc(N)c2nc(CSc3ccccc3)ccc2n1. The summed E-state index contributed by atoms with van der Waals surface area (Å²) in [6, 6.07) is 14.0. The number of nitrogens with zero attached hydrogens (tertiary/aromatic N) is 3. The lowest BCUT2D eigenvalue weighted by atomic mass is 10.3. The molecule has 0 aliphatic rings. The van der Waals surface area contributed by atoms with E-state index in [1.54, 1.807) is 11.8 Å². The molecule has 0 aliphatic carbocycles. The van der Waals surface area contributed by atoms with Crippen LogP contribution >= 0.6 is 11.8 Å². The molecule has 0 saturated carbocycles. The van der Waals surface area contributed by atoms with Crippen LogP contribution in [0.3, 0.4) is 0 Å². The third-order valence-corrected chi connectivity index (χ3v) is 3.82. The summed E-state index contributed by atoms with van der Waals surface area (Å²) in [5, 5.41) is 0. The Morgan fingerprint density at radius 2 is 1.70 bits per heavy atom. The van der Waals surface area contributed by atoms with Gasteiger partial charge >= 0.3 is 0 Å². The highest BCUT2D eigenvalue weighted by molar-refractivity contribution is 7.98. The van der Waals surface area contributed by atoms with Crippen LogP contribution in [0.25, 0.3) is 11.0 Å². The number of anilines is 2. The van der Waals surface area contributed by atoms with E-state index in [1.807, 2.05) is 30.3 Å². The van der Waals surface area contributed by atoms with E-state index in [1.165, 1.54) is 4.90 Å². The minimum atomic E-state index is 0.170. The lowest BCUT2D eigenvalue weighted by Crippen LogP contribution is -2.02. The largest absolute Gasteiger partial charge is 0.382 e. The fraction of sp³-hybridized carbons (Fsp3) is 0.0714. The van der Waals surface area contributed by atoms with Crippen molar-refractivity contribution in [1.29, 1.82) is 0 Å². The summed E-state index contributed by atoms with van der Waals surface area (Å²) in [7, 11) is 0. The van der Waals surface area contributed by atoms with Crippen molar-refractivity contribution in [3.63, 3.8) is 0 Å². The number of aromatic nitrogens is 3. The number of hydrogen-bond acceptors (Lipinski definition) is 6. The molecular formula is C14H13N5S. The number of hydrogen-bond donors (Lipinski definition) is 2. The molecule has 5 nitrogen and oxygen atoms in total. The van der Waals surface area contributed by atoms with Gasteiger partial charge in [0.15, 0.2) is 5.82 Å². The van der Waals surface area contributed by atoms with E-state index in [0.717, 1.165) is 11.4 Å². The summed E-state index contributed by atoms with van der Waals surface area (Å²) in [6.45, 7) is 0. The fourth-order valence-electron chi connectivity index (χ4n) is 1.85. The van der Waals surface area contributed by atoms with Crippen molar-refractivity contribution in [2.45, 2.75) is 10.6 Å². The topological polar surface area (TPSA) is 90.7 Å². The van der Waals surface area contributed by atoms with Gasteiger partial charge in [0.05, 0.1) is 11.2 Å². The normalized spacial score (nSPS) is 10.8. The monoisotopic (exact) mass is 283 g/mol. The van der Waals surface area contributed by atoms with Crippen LogP contribution in [0.4, 0.5) is 11.8 Å². The second-order valence-corrected chi connectivity index (χ2v) is 5.29. The number of rotatable bonds is 3. The number of benzene rings is 1. The molecule has 0 fully saturated rings. The van der Waals surface area contributed by atoms with Gasteiger partial charge in [-0.2, -0.15) is 4.98 Å². The molecule has 6 heteroatoms. The van der Waals surface area contributed by atoms with Crippen molar-refractivity contribution in [3.8, 4) is 0 Å². The van der Waals surface area contributed by atoms with Gasteiger partial charge in [-0.1, -0.05) is 18.2 Å². The maximum Gasteiger partial charge on any atom is 0.222 e. The zero-order valence-electron chi connectivity index (χ0n) is 10.7. The van der Waals surface area contributed by atoms with Crippen LogP contribution in [0.2, 0.25) is 0 Å². The minimum absolute atomic E-state index is 0.170. The molecule has 100 valence electrons. The summed E-state index contributed by atoms with van der Waals surface area (Å²) in [5.41, 5.74) is 13.6. The average molecular weight is 283 g/mol. The number of thioether (sulfide) groups is 1. The number of nitrogen functional groups attached to an aromatic ring is 2. The smallest absolute Gasteiger partial charge is 0.222 e. The van der Waals surface area contributed by atoms with Gasteiger partial charge in [-0.05, 0) is 24.3 Å². The maximum atomic E-state index is 5.83. The van der Waals surface area contributed by atoms with E-state index in [0.29, 0.717) is 16.9 Å². The molecule has 0 saturated heterocycles. The van der Waals surface area contributed by atoms with Crippen molar-refractivity contribution in [1.82, 2.24) is 15.0 Å². The third-order valence-electron chi connectivity index (χ3n) is 2.77. The standard InChI is InChI=1S/C14H13N5S/c15-13-12-11(18-14(16)19-13)7-6-9(17-12)8-20-10-4-2-1-3-5-10/h1-7H,8H2,(H4,15,16,18,19). The molecule has 3 aromatic rings. The van der Waals surface area contributed by atoms with Crippen LogP contribution in [-0.4, -0.2) is 15.0 Å². The quantitative estimate of drug-likeness (QED) is 0.718. The molecule has 0 aliphatic heterocycles. The zero-order chi connectivity index (χ0) is 13.9. The summed E-state index contributed by atoms with van der Waals surface area (Å²) < 4.78 is 0. The van der Waals surface area contributed by atoms with Gasteiger partial charge in [-0.15, -0.1) is 11.8 Å². The molecule has 2 aromatic heterocycles. The average Bonchev–Trinajstić information content (AvgIpc) is 2.46. The second-order valence-electron chi connectivity index (χ2n) is 4.24. The van der Waals surface area contributed by atoms with Gasteiger partial charge < -0.3 is 11.5 Å². The first-order valence-corrected chi connectivity index (χ1v) is 7.07. The van der Waals surface area contributed by atoms with E-state index >= 15 is 0 Å². The fourth-order valence-corrected chi connectivity index (χ4v) is 2.67. The molecule has 0 bridgehead atoms. The summed E-state index contributed by atoms with van der Waals surface area (Å²) in [5.74, 6) is 1.26. The van der Waals surface area contributed by atoms with E-state index < -0.39 is 0 Å². The highest BCUT2D eigenvalue weighted by atomic mass is 32.2. The second kappa shape index (κ2) is 5.34. The number of nitrogens with two attached hydrogens (primary N) is 2. The van der Waals surface area contributed by atoms with Crippen molar-refractivity contribution in [2.75, 3.05) is 11.5 Å². The van der Waals surface area contributed by atoms with Gasteiger partial charge in [0.2, 0.25) is 5.95 Å². The van der Waals surface area contributed by atoms with Crippen molar-refractivity contribution in [3.05, 3.63) is 48.2 Å². The van der Waals surface area contributed by atoms with Gasteiger partial charge in [-0.25, -0.2) is 9.97 Å². The van der Waals surface area contributed by atoms with Crippen molar-refractivity contribution in [2.24, 2.45) is 0 Å². The first-order valence-electron chi connectivity index (χ1n) is 6.09. The van der Waals surface area contributed by atoms with Gasteiger partial charge in [0, 0.05) is 10.6 Å². The van der Waals surface area contributed by atoms with Crippen LogP contribution in [0, 0.1) is 0 Å². The Morgan fingerprint density at radius 3 is 2.50 bits per heavy atom. The molecule has 20 heavy (non-hydrogen) atoms. The minimum Gasteiger partial charge on any atom is -0.382 e. The number of pyridine rings is 1. The molecule has 0 unspecified atom stereocenters. The molecule has 0 radical (unpaired) electrons. The van der Waals surface area contributed by atoms with Crippen LogP contribution < -0.4 is 11.5 Å². The molecule has 3 rings (SSSR count). The predicted octanol–water partition coefficient (Wildman–Crippen LogP) is 2.48. The Labute approximate surface area is 120 Å². The first-order chi connectivity index (χ1) is 9.72. The highest BCUT2D eigenvalue weighted by Gasteiger charge is 2.06. The Balaban J connectivity index is 1.86. The Kier molecular flexibility index (Phi) is 3.39. The van der Waals surface area contributed by atoms with Crippen LogP contribution in [0.15, 0.2) is 47.4 Å². The molecule has 2 heterocycles. The van der Waals surface area contributed by atoms with E-state index in [4.69, 9.17) is 11.5 Å². The highest BCUT2D eigenvalue weighted by Crippen LogP contribution is 2.23. The van der Waals surface area contributed by atoms with Crippen LogP contribution in [0.1, 0.15) is 5.69 Å². The Hall–Kier alpha value is -2.34.